The molecule has 5 heteroatoms. The van der Waals surface area contributed by atoms with Gasteiger partial charge in [0.25, 0.3) is 0 Å². The molecule has 1 saturated heterocycles. The van der Waals surface area contributed by atoms with Crippen LogP contribution in [0.1, 0.15) is 24.1 Å². The minimum Gasteiger partial charge on any atom is -0.480 e. The maximum atomic E-state index is 11.3. The number of carboxylic acids is 1. The van der Waals surface area contributed by atoms with E-state index in [0.29, 0.717) is 13.0 Å². The van der Waals surface area contributed by atoms with E-state index in [4.69, 9.17) is 5.11 Å². The predicted octanol–water partition coefficient (Wildman–Crippen LogP) is 1.54. The maximum absolute atomic E-state index is 11.3. The lowest BCUT2D eigenvalue weighted by Crippen LogP contribution is -2.39. The Labute approximate surface area is 97.5 Å². The summed E-state index contributed by atoms with van der Waals surface area (Å²) in [6.45, 7) is 1.94. The molecule has 0 aromatic carbocycles. The predicted molar refractivity (Wildman–Crippen MR) is 60.5 cm³/mol. The van der Waals surface area contributed by atoms with Crippen molar-refractivity contribution in [1.29, 1.82) is 0 Å². The van der Waals surface area contributed by atoms with Crippen molar-refractivity contribution in [3.05, 3.63) is 22.4 Å². The molecule has 0 saturated carbocycles. The van der Waals surface area contributed by atoms with Gasteiger partial charge < -0.3 is 10.0 Å². The van der Waals surface area contributed by atoms with E-state index in [9.17, 15) is 9.59 Å². The lowest BCUT2D eigenvalue weighted by atomic mass is 10.0. The van der Waals surface area contributed by atoms with E-state index in [1.54, 1.807) is 11.3 Å². The number of nitrogens with zero attached hydrogens (tertiary/aromatic N) is 1. The van der Waals surface area contributed by atoms with Crippen LogP contribution in [0.25, 0.3) is 0 Å². The lowest BCUT2D eigenvalue weighted by Gasteiger charge is -2.18. The Morgan fingerprint density at radius 1 is 1.56 bits per heavy atom. The van der Waals surface area contributed by atoms with Crippen LogP contribution in [-0.2, 0) is 9.59 Å². The number of thiophene rings is 1. The van der Waals surface area contributed by atoms with Crippen LogP contribution in [0.2, 0.25) is 0 Å². The van der Waals surface area contributed by atoms with E-state index in [2.05, 4.69) is 0 Å². The number of likely N-dealkylation sites (tertiary alicyclic amines) is 1. The zero-order valence-electron chi connectivity index (χ0n) is 8.92. The van der Waals surface area contributed by atoms with Crippen molar-refractivity contribution >= 4 is 23.2 Å². The summed E-state index contributed by atoms with van der Waals surface area (Å²) < 4.78 is 0. The smallest absolute Gasteiger partial charge is 0.326 e. The number of rotatable bonds is 2. The van der Waals surface area contributed by atoms with Crippen molar-refractivity contribution in [3.8, 4) is 0 Å². The number of carboxylic acid groups (broad SMARTS) is 1. The molecule has 1 aliphatic rings. The normalized spacial score (nSPS) is 24.7. The van der Waals surface area contributed by atoms with Gasteiger partial charge in [-0.3, -0.25) is 4.79 Å². The molecule has 1 aliphatic heterocycles. The molecular weight excluding hydrogens is 226 g/mol. The summed E-state index contributed by atoms with van der Waals surface area (Å²) in [4.78, 5) is 25.0. The quantitative estimate of drug-likeness (QED) is 0.851. The van der Waals surface area contributed by atoms with Gasteiger partial charge in [-0.2, -0.15) is 0 Å². The van der Waals surface area contributed by atoms with Crippen molar-refractivity contribution in [2.75, 3.05) is 6.54 Å². The molecule has 0 radical (unpaired) electrons. The van der Waals surface area contributed by atoms with Crippen LogP contribution in [0.5, 0.6) is 0 Å². The fraction of sp³-hybridized carbons (Fsp3) is 0.455. The number of carbonyl (C=O) groups excluding carboxylic acids is 1. The molecule has 0 aliphatic carbocycles. The molecule has 1 aromatic heterocycles. The Bertz CT molecular complexity index is 379. The van der Waals surface area contributed by atoms with Gasteiger partial charge in [0.1, 0.15) is 6.04 Å². The highest BCUT2D eigenvalue weighted by Gasteiger charge is 2.39. The minimum absolute atomic E-state index is 0.161. The van der Waals surface area contributed by atoms with E-state index >= 15 is 0 Å². The van der Waals surface area contributed by atoms with E-state index < -0.39 is 12.0 Å². The van der Waals surface area contributed by atoms with Crippen LogP contribution in [0.3, 0.4) is 0 Å². The molecule has 2 atom stereocenters. The first-order valence-corrected chi connectivity index (χ1v) is 6.01. The highest BCUT2D eigenvalue weighted by atomic mass is 32.1. The van der Waals surface area contributed by atoms with Crippen molar-refractivity contribution in [2.45, 2.75) is 25.3 Å². The average molecular weight is 239 g/mol. The molecule has 1 fully saturated rings. The van der Waals surface area contributed by atoms with Crippen LogP contribution >= 0.6 is 11.3 Å². The second-order valence-corrected chi connectivity index (χ2v) is 4.95. The molecule has 0 unspecified atom stereocenters. The van der Waals surface area contributed by atoms with Crippen LogP contribution in [0.15, 0.2) is 17.5 Å². The monoisotopic (exact) mass is 239 g/mol. The standard InChI is InChI=1S/C11H13NO3S/c1-7(13)12-6-8(5-9(12)11(14)15)10-3-2-4-16-10/h2-4,8-9H,5-6H2,1H3,(H,14,15)/t8-,9-/m0/s1. The highest BCUT2D eigenvalue weighted by Crippen LogP contribution is 2.34. The summed E-state index contributed by atoms with van der Waals surface area (Å²) >= 11 is 1.62. The third-order valence-corrected chi connectivity index (χ3v) is 3.97. The second-order valence-electron chi connectivity index (χ2n) is 3.97. The van der Waals surface area contributed by atoms with Gasteiger partial charge in [-0.25, -0.2) is 4.79 Å². The van der Waals surface area contributed by atoms with Gasteiger partial charge in [0, 0.05) is 24.3 Å². The number of aliphatic carboxylic acids is 1. The first-order chi connectivity index (χ1) is 7.59. The highest BCUT2D eigenvalue weighted by molar-refractivity contribution is 7.10. The number of carbonyl (C=O) groups is 2. The zero-order valence-corrected chi connectivity index (χ0v) is 9.74. The SMILES string of the molecule is CC(=O)N1C[C@@H](c2cccs2)C[C@H]1C(=O)O. The molecule has 1 aromatic rings. The number of amides is 1. The van der Waals surface area contributed by atoms with Crippen LogP contribution in [-0.4, -0.2) is 34.5 Å². The third kappa shape index (κ3) is 1.95. The molecule has 0 spiro atoms. The Balaban J connectivity index is 2.18. The first kappa shape index (κ1) is 11.1. The fourth-order valence-electron chi connectivity index (χ4n) is 2.15. The molecule has 4 nitrogen and oxygen atoms in total. The largest absolute Gasteiger partial charge is 0.480 e. The van der Waals surface area contributed by atoms with Crippen molar-refractivity contribution in [2.24, 2.45) is 0 Å². The second kappa shape index (κ2) is 4.25. The fourth-order valence-corrected chi connectivity index (χ4v) is 2.98. The van der Waals surface area contributed by atoms with Crippen molar-refractivity contribution < 1.29 is 14.7 Å². The van der Waals surface area contributed by atoms with Gasteiger partial charge in [0.05, 0.1) is 0 Å². The lowest BCUT2D eigenvalue weighted by molar-refractivity contribution is -0.147. The van der Waals surface area contributed by atoms with Gasteiger partial charge in [-0.05, 0) is 17.9 Å². The molecule has 2 rings (SSSR count). The summed E-state index contributed by atoms with van der Waals surface area (Å²) in [5, 5.41) is 11.0. The third-order valence-electron chi connectivity index (χ3n) is 2.94. The van der Waals surface area contributed by atoms with Crippen LogP contribution < -0.4 is 0 Å². The average Bonchev–Trinajstić information content (AvgIpc) is 2.86. The zero-order chi connectivity index (χ0) is 11.7. The summed E-state index contributed by atoms with van der Waals surface area (Å²) in [5.41, 5.74) is 0. The van der Waals surface area contributed by atoms with Gasteiger partial charge in [0.15, 0.2) is 0 Å². The van der Waals surface area contributed by atoms with Crippen molar-refractivity contribution in [1.82, 2.24) is 4.90 Å². The Morgan fingerprint density at radius 3 is 2.75 bits per heavy atom. The van der Waals surface area contributed by atoms with Gasteiger partial charge in [0.2, 0.25) is 5.91 Å². The molecule has 1 N–H and O–H groups in total. The van der Waals surface area contributed by atoms with Crippen LogP contribution in [0, 0.1) is 0 Å². The Kier molecular flexibility index (Phi) is 2.96. The van der Waals surface area contributed by atoms with Crippen LogP contribution in [0.4, 0.5) is 0 Å². The van der Waals surface area contributed by atoms with Gasteiger partial charge in [-0.1, -0.05) is 6.07 Å². The maximum Gasteiger partial charge on any atom is 0.326 e. The van der Waals surface area contributed by atoms with Crippen molar-refractivity contribution in [3.63, 3.8) is 0 Å². The summed E-state index contributed by atoms with van der Waals surface area (Å²) in [7, 11) is 0. The summed E-state index contributed by atoms with van der Waals surface area (Å²) in [5.74, 6) is -0.897. The minimum atomic E-state index is -0.908. The van der Waals surface area contributed by atoms with E-state index in [1.807, 2.05) is 17.5 Å². The Hall–Kier alpha value is -1.36. The van der Waals surface area contributed by atoms with E-state index in [-0.39, 0.29) is 11.8 Å². The van der Waals surface area contributed by atoms with E-state index in [0.717, 1.165) is 4.88 Å². The summed E-state index contributed by atoms with van der Waals surface area (Å²) in [6.07, 6.45) is 0.523. The van der Waals surface area contributed by atoms with Gasteiger partial charge >= 0.3 is 5.97 Å². The number of hydrogen-bond acceptors (Lipinski definition) is 3. The topological polar surface area (TPSA) is 57.6 Å². The summed E-state index contributed by atoms with van der Waals surface area (Å²) in [6, 6.07) is 3.29. The molecule has 1 amide bonds. The van der Waals surface area contributed by atoms with E-state index in [1.165, 1.54) is 11.8 Å². The first-order valence-electron chi connectivity index (χ1n) is 5.13. The molecule has 0 bridgehead atoms. The molecule has 86 valence electrons. The van der Waals surface area contributed by atoms with Gasteiger partial charge in [-0.15, -0.1) is 11.3 Å². The Morgan fingerprint density at radius 2 is 2.31 bits per heavy atom. The number of hydrogen-bond donors (Lipinski definition) is 1. The molecule has 16 heavy (non-hydrogen) atoms. The molecule has 2 heterocycles. The molecular formula is C11H13NO3S.